The molecule has 11 heteroatoms. The molecule has 46 heavy (non-hydrogen) atoms. The van der Waals surface area contributed by atoms with Crippen LogP contribution >= 0.6 is 11.6 Å². The van der Waals surface area contributed by atoms with E-state index in [-0.39, 0.29) is 17.5 Å². The summed E-state index contributed by atoms with van der Waals surface area (Å²) in [5, 5.41) is 16.8. The Bertz CT molecular complexity index is 1340. The number of aromatic nitrogens is 2. The topological polar surface area (TPSA) is 149 Å². The number of allylic oxidation sites excluding steroid dienone is 6. The fraction of sp³-hybridized carbons (Fsp3) is 0.457. The van der Waals surface area contributed by atoms with Crippen LogP contribution in [0.1, 0.15) is 70.6 Å². The summed E-state index contributed by atoms with van der Waals surface area (Å²) in [6.07, 6.45) is 12.2. The van der Waals surface area contributed by atoms with Crippen LogP contribution in [-0.2, 0) is 4.74 Å². The molecule has 1 aliphatic rings. The van der Waals surface area contributed by atoms with Crippen molar-refractivity contribution in [3.8, 4) is 17.0 Å². The molecule has 3 rings (SSSR count). The highest BCUT2D eigenvalue weighted by Gasteiger charge is 2.26. The van der Waals surface area contributed by atoms with Gasteiger partial charge in [0.1, 0.15) is 22.2 Å². The SMILES string of the molecule is C=CN.CN.CO.C\C=C(/C=C(OC)\C(C)=N/C(=C\C)C1CC1)CC(CCO)c1cc(C)c(OCC)c(-c2ccnc(F)c2Cl)n1. The lowest BCUT2D eigenvalue weighted by molar-refractivity contribution is 0.274. The van der Waals surface area contributed by atoms with Crippen molar-refractivity contribution in [2.24, 2.45) is 22.4 Å². The van der Waals surface area contributed by atoms with E-state index < -0.39 is 5.95 Å². The van der Waals surface area contributed by atoms with E-state index in [0.717, 1.165) is 35.3 Å². The van der Waals surface area contributed by atoms with Gasteiger partial charge < -0.3 is 31.2 Å². The van der Waals surface area contributed by atoms with Gasteiger partial charge in [0.15, 0.2) is 0 Å². The van der Waals surface area contributed by atoms with Gasteiger partial charge in [-0.3, -0.25) is 4.99 Å². The third-order valence-electron chi connectivity index (χ3n) is 6.80. The van der Waals surface area contributed by atoms with Gasteiger partial charge >= 0.3 is 0 Å². The summed E-state index contributed by atoms with van der Waals surface area (Å²) < 4.78 is 25.9. The Morgan fingerprint density at radius 1 is 1.26 bits per heavy atom. The molecule has 9 nitrogen and oxygen atoms in total. The first-order valence-electron chi connectivity index (χ1n) is 15.2. The van der Waals surface area contributed by atoms with Crippen LogP contribution in [0.2, 0.25) is 5.02 Å². The van der Waals surface area contributed by atoms with Crippen molar-refractivity contribution in [2.75, 3.05) is 34.5 Å². The maximum atomic E-state index is 14.3. The molecule has 1 saturated carbocycles. The number of nitrogens with zero attached hydrogens (tertiary/aromatic N) is 3. The van der Waals surface area contributed by atoms with E-state index in [1.165, 1.54) is 32.3 Å². The number of hydrogen-bond acceptors (Lipinski definition) is 9. The summed E-state index contributed by atoms with van der Waals surface area (Å²) in [6.45, 7) is 13.3. The standard InChI is InChI=1S/C31H39ClFN3O3.C2H5N.CH5N.CH4O/c1-7-21(18-27(38-6)20(5)35-25(8-2)22-10-11-22)17-23(13-15-37)26-16-19(4)30(39-9-3)29(36-26)24-12-14-34-31(33)28(24)32;1-2-3;2*1-2/h7-8,12,14,16,18,22-23,37H,9-11,13,15,17H2,1-6H3;2H,1,3H2;2H2,1H3;2H,1H3/b21-7-,25-8-,27-18+,35-20-;;;. The van der Waals surface area contributed by atoms with Crippen LogP contribution in [-0.4, -0.2) is 60.4 Å². The second-order valence-corrected chi connectivity index (χ2v) is 10.2. The zero-order valence-electron chi connectivity index (χ0n) is 28.6. The smallest absolute Gasteiger partial charge is 0.232 e. The van der Waals surface area contributed by atoms with Gasteiger partial charge in [0, 0.05) is 48.7 Å². The molecule has 2 heterocycles. The first kappa shape index (κ1) is 42.4. The number of aliphatic hydroxyl groups excluding tert-OH is 2. The average molecular weight is 662 g/mol. The van der Waals surface area contributed by atoms with E-state index in [1.807, 2.05) is 52.8 Å². The molecule has 0 saturated heterocycles. The largest absolute Gasteiger partial charge is 0.495 e. The minimum absolute atomic E-state index is 0.0110. The van der Waals surface area contributed by atoms with E-state index in [0.29, 0.717) is 48.1 Å². The number of rotatable bonds is 13. The van der Waals surface area contributed by atoms with Crippen molar-refractivity contribution >= 4 is 17.3 Å². The van der Waals surface area contributed by atoms with Crippen LogP contribution < -0.4 is 16.2 Å². The summed E-state index contributed by atoms with van der Waals surface area (Å²) in [6, 6.07) is 3.60. The van der Waals surface area contributed by atoms with Gasteiger partial charge in [-0.1, -0.05) is 30.3 Å². The van der Waals surface area contributed by atoms with E-state index in [9.17, 15) is 9.50 Å². The zero-order valence-corrected chi connectivity index (χ0v) is 29.4. The predicted octanol–water partition coefficient (Wildman–Crippen LogP) is 7.02. The zero-order chi connectivity index (χ0) is 35.2. The molecule has 6 N–H and O–H groups in total. The Morgan fingerprint density at radius 3 is 2.39 bits per heavy atom. The number of hydrogen-bond donors (Lipinski definition) is 4. The lowest BCUT2D eigenvalue weighted by Gasteiger charge is -2.21. The Kier molecular flexibility index (Phi) is 21.9. The number of methoxy groups -OCH3 is 1. The molecule has 256 valence electrons. The van der Waals surface area contributed by atoms with Crippen molar-refractivity contribution in [1.29, 1.82) is 0 Å². The molecule has 0 bridgehead atoms. The minimum Gasteiger partial charge on any atom is -0.495 e. The maximum absolute atomic E-state index is 14.3. The third-order valence-corrected chi connectivity index (χ3v) is 7.16. The number of aliphatic hydroxyl groups is 2. The number of halogens is 2. The second kappa shape index (κ2) is 23.7. The predicted molar refractivity (Wildman–Crippen MR) is 188 cm³/mol. The van der Waals surface area contributed by atoms with Gasteiger partial charge in [-0.15, -0.1) is 0 Å². The Balaban J connectivity index is 0.00000268. The van der Waals surface area contributed by atoms with Crippen molar-refractivity contribution in [2.45, 2.75) is 66.2 Å². The van der Waals surface area contributed by atoms with E-state index in [2.05, 4.69) is 29.1 Å². The maximum Gasteiger partial charge on any atom is 0.232 e. The van der Waals surface area contributed by atoms with Crippen molar-refractivity contribution in [3.05, 3.63) is 88.6 Å². The van der Waals surface area contributed by atoms with Crippen LogP contribution in [0.25, 0.3) is 11.3 Å². The molecular weight excluding hydrogens is 609 g/mol. The molecule has 1 aliphatic carbocycles. The molecule has 0 aromatic carbocycles. The highest BCUT2D eigenvalue weighted by atomic mass is 35.5. The summed E-state index contributed by atoms with van der Waals surface area (Å²) in [4.78, 5) is 13.4. The average Bonchev–Trinajstić information content (AvgIpc) is 3.91. The highest BCUT2D eigenvalue weighted by molar-refractivity contribution is 6.33. The van der Waals surface area contributed by atoms with Gasteiger partial charge in [0.05, 0.1) is 19.4 Å². The molecule has 1 unspecified atom stereocenters. The quantitative estimate of drug-likeness (QED) is 0.0774. The second-order valence-electron chi connectivity index (χ2n) is 9.85. The molecule has 2 aromatic heterocycles. The Labute approximate surface area is 279 Å². The molecule has 2 aromatic rings. The summed E-state index contributed by atoms with van der Waals surface area (Å²) >= 11 is 6.31. The molecule has 0 spiro atoms. The van der Waals surface area contributed by atoms with Gasteiger partial charge in [0.2, 0.25) is 5.95 Å². The fourth-order valence-corrected chi connectivity index (χ4v) is 4.76. The molecular formula is C35H53ClFN5O4. The fourth-order valence-electron chi connectivity index (χ4n) is 4.56. The monoisotopic (exact) mass is 661 g/mol. The number of aryl methyl sites for hydroxylation is 1. The molecule has 1 fully saturated rings. The highest BCUT2D eigenvalue weighted by Crippen LogP contribution is 2.40. The molecule has 0 radical (unpaired) electrons. The van der Waals surface area contributed by atoms with E-state index >= 15 is 0 Å². The van der Waals surface area contributed by atoms with Crippen molar-refractivity contribution in [1.82, 2.24) is 9.97 Å². The lowest BCUT2D eigenvalue weighted by atomic mass is 9.90. The number of nitrogens with two attached hydrogens (primary N) is 2. The molecule has 1 atom stereocenters. The van der Waals surface area contributed by atoms with Gasteiger partial charge in [-0.25, -0.2) is 9.97 Å². The minimum atomic E-state index is -0.762. The summed E-state index contributed by atoms with van der Waals surface area (Å²) in [5.41, 5.74) is 14.5. The summed E-state index contributed by atoms with van der Waals surface area (Å²) in [7, 11) is 4.15. The number of pyridine rings is 2. The number of ether oxygens (including phenoxy) is 2. The van der Waals surface area contributed by atoms with Crippen molar-refractivity contribution in [3.63, 3.8) is 0 Å². The van der Waals surface area contributed by atoms with Crippen LogP contribution in [0.15, 0.2) is 71.4 Å². The molecule has 0 aliphatic heterocycles. The van der Waals surface area contributed by atoms with E-state index in [1.54, 1.807) is 13.2 Å². The number of aliphatic imine (C=N–C) groups is 1. The van der Waals surface area contributed by atoms with Crippen LogP contribution in [0.4, 0.5) is 4.39 Å². The Morgan fingerprint density at radius 2 is 1.89 bits per heavy atom. The normalized spacial score (nSPS) is 14.0. The van der Waals surface area contributed by atoms with Gasteiger partial charge in [-0.05, 0) is 103 Å². The van der Waals surface area contributed by atoms with Crippen LogP contribution in [0, 0.1) is 18.8 Å². The van der Waals surface area contributed by atoms with E-state index in [4.69, 9.17) is 36.2 Å². The van der Waals surface area contributed by atoms with Crippen LogP contribution in [0.3, 0.4) is 0 Å². The van der Waals surface area contributed by atoms with Crippen molar-refractivity contribution < 1.29 is 24.1 Å². The first-order valence-corrected chi connectivity index (χ1v) is 15.6. The lowest BCUT2D eigenvalue weighted by Crippen LogP contribution is -2.09. The third kappa shape index (κ3) is 13.0. The first-order chi connectivity index (χ1) is 22.2. The van der Waals surface area contributed by atoms with Gasteiger partial charge in [-0.2, -0.15) is 4.39 Å². The molecule has 0 amide bonds. The Hall–Kier alpha value is -3.57. The van der Waals surface area contributed by atoms with Crippen LogP contribution in [0.5, 0.6) is 5.75 Å². The van der Waals surface area contributed by atoms with Gasteiger partial charge in [0.25, 0.3) is 0 Å². The summed E-state index contributed by atoms with van der Waals surface area (Å²) in [5.74, 6) is 0.905.